The van der Waals surface area contributed by atoms with Gasteiger partial charge in [0.2, 0.25) is 0 Å². The average Bonchev–Trinajstić information content (AvgIpc) is 3.19. The van der Waals surface area contributed by atoms with Gasteiger partial charge in [-0.15, -0.1) is 0 Å². The molecule has 0 aliphatic heterocycles. The van der Waals surface area contributed by atoms with Crippen LogP contribution in [0.25, 0.3) is 0 Å². The summed E-state index contributed by atoms with van der Waals surface area (Å²) < 4.78 is 5.30. The van der Waals surface area contributed by atoms with Gasteiger partial charge in [0.05, 0.1) is 12.0 Å². The Morgan fingerprint density at radius 2 is 2.47 bits per heavy atom. The van der Waals surface area contributed by atoms with Gasteiger partial charge in [-0.3, -0.25) is 9.78 Å². The number of carbonyl (C=O) groups excluding carboxylic acids is 2. The molecule has 0 N–H and O–H groups in total. The number of aromatic nitrogens is 1. The molecule has 1 aliphatic carbocycles. The topological polar surface area (TPSA) is 56.3 Å². The summed E-state index contributed by atoms with van der Waals surface area (Å²) in [6.45, 7) is 2.33. The number of aryl methyl sites for hydroxylation is 1. The molecule has 0 bridgehead atoms. The van der Waals surface area contributed by atoms with Gasteiger partial charge in [0.15, 0.2) is 0 Å². The summed E-state index contributed by atoms with van der Waals surface area (Å²) in [6, 6.07) is 3.90. The number of hydrogen-bond donors (Lipinski definition) is 0. The number of nitrogens with zero attached hydrogens (tertiary/aromatic N) is 1. The zero-order valence-corrected chi connectivity index (χ0v) is 11.2. The molecule has 0 saturated heterocycles. The second kappa shape index (κ2) is 5.95. The monoisotopic (exact) mass is 261 g/mol. The minimum absolute atomic E-state index is 0.136. The van der Waals surface area contributed by atoms with Crippen LogP contribution in [0.2, 0.25) is 0 Å². The van der Waals surface area contributed by atoms with Crippen molar-refractivity contribution in [2.45, 2.75) is 32.6 Å². The third-order valence-corrected chi connectivity index (χ3v) is 3.90. The Hall–Kier alpha value is -1.71. The van der Waals surface area contributed by atoms with Crippen molar-refractivity contribution < 1.29 is 14.3 Å². The standard InChI is InChI=1S/C15H19NO3/c1-2-15(9-13(15)11-17)14(18)19-8-4-6-12-5-3-7-16-10-12/h3,5,7,10-11,13H,2,4,6,8-9H2,1H3. The number of aldehydes is 1. The highest BCUT2D eigenvalue weighted by Gasteiger charge is 2.59. The van der Waals surface area contributed by atoms with E-state index in [1.165, 1.54) is 0 Å². The molecular formula is C15H19NO3. The first kappa shape index (κ1) is 13.7. The van der Waals surface area contributed by atoms with Crippen molar-refractivity contribution in [1.29, 1.82) is 0 Å². The maximum Gasteiger partial charge on any atom is 0.312 e. The van der Waals surface area contributed by atoms with Crippen molar-refractivity contribution in [1.82, 2.24) is 4.98 Å². The molecule has 1 aromatic heterocycles. The molecule has 0 spiro atoms. The molecule has 102 valence electrons. The largest absolute Gasteiger partial charge is 0.465 e. The fourth-order valence-electron chi connectivity index (χ4n) is 2.43. The van der Waals surface area contributed by atoms with E-state index in [2.05, 4.69) is 4.98 Å². The van der Waals surface area contributed by atoms with E-state index >= 15 is 0 Å². The van der Waals surface area contributed by atoms with E-state index in [4.69, 9.17) is 4.74 Å². The first-order valence-corrected chi connectivity index (χ1v) is 6.74. The maximum absolute atomic E-state index is 11.9. The Morgan fingerprint density at radius 1 is 1.63 bits per heavy atom. The van der Waals surface area contributed by atoms with Crippen LogP contribution in [0.1, 0.15) is 31.7 Å². The number of rotatable bonds is 7. The van der Waals surface area contributed by atoms with E-state index < -0.39 is 5.41 Å². The predicted molar refractivity (Wildman–Crippen MR) is 70.4 cm³/mol. The number of ether oxygens (including phenoxy) is 1. The molecule has 1 fully saturated rings. The van der Waals surface area contributed by atoms with Gasteiger partial charge < -0.3 is 9.53 Å². The fourth-order valence-corrected chi connectivity index (χ4v) is 2.43. The average molecular weight is 261 g/mol. The van der Waals surface area contributed by atoms with Gasteiger partial charge in [-0.2, -0.15) is 0 Å². The molecule has 1 aromatic rings. The Labute approximate surface area is 113 Å². The number of hydrogen-bond acceptors (Lipinski definition) is 4. The Balaban J connectivity index is 1.72. The van der Waals surface area contributed by atoms with Gasteiger partial charge in [0, 0.05) is 18.3 Å². The lowest BCUT2D eigenvalue weighted by Gasteiger charge is -2.12. The van der Waals surface area contributed by atoms with Crippen LogP contribution in [0.4, 0.5) is 0 Å². The summed E-state index contributed by atoms with van der Waals surface area (Å²) in [6.07, 6.45) is 7.38. The molecule has 1 saturated carbocycles. The van der Waals surface area contributed by atoms with Crippen molar-refractivity contribution in [2.24, 2.45) is 11.3 Å². The highest BCUT2D eigenvalue weighted by Crippen LogP contribution is 2.54. The van der Waals surface area contributed by atoms with Crippen LogP contribution < -0.4 is 0 Å². The summed E-state index contributed by atoms with van der Waals surface area (Å²) in [7, 11) is 0. The lowest BCUT2D eigenvalue weighted by atomic mass is 10.0. The number of pyridine rings is 1. The first-order chi connectivity index (χ1) is 9.23. The lowest BCUT2D eigenvalue weighted by Crippen LogP contribution is -2.21. The molecule has 19 heavy (non-hydrogen) atoms. The van der Waals surface area contributed by atoms with Crippen LogP contribution in [0, 0.1) is 11.3 Å². The van der Waals surface area contributed by atoms with Crippen molar-refractivity contribution in [2.75, 3.05) is 6.61 Å². The van der Waals surface area contributed by atoms with Crippen LogP contribution in [-0.2, 0) is 20.7 Å². The zero-order valence-electron chi connectivity index (χ0n) is 11.2. The lowest BCUT2D eigenvalue weighted by molar-refractivity contribution is -0.151. The van der Waals surface area contributed by atoms with Gasteiger partial charge in [-0.25, -0.2) is 0 Å². The van der Waals surface area contributed by atoms with E-state index in [9.17, 15) is 9.59 Å². The van der Waals surface area contributed by atoms with Gasteiger partial charge in [-0.05, 0) is 37.3 Å². The second-order valence-electron chi connectivity index (χ2n) is 5.06. The third-order valence-electron chi connectivity index (χ3n) is 3.90. The van der Waals surface area contributed by atoms with E-state index in [0.29, 0.717) is 19.4 Å². The van der Waals surface area contributed by atoms with Crippen LogP contribution >= 0.6 is 0 Å². The maximum atomic E-state index is 11.9. The molecule has 2 unspecified atom stereocenters. The molecule has 0 radical (unpaired) electrons. The molecule has 1 aliphatic rings. The smallest absolute Gasteiger partial charge is 0.312 e. The highest BCUT2D eigenvalue weighted by atomic mass is 16.5. The molecule has 4 heteroatoms. The van der Waals surface area contributed by atoms with Gasteiger partial charge >= 0.3 is 5.97 Å². The Morgan fingerprint density at radius 3 is 3.05 bits per heavy atom. The van der Waals surface area contributed by atoms with Crippen molar-refractivity contribution >= 4 is 12.3 Å². The Kier molecular flexibility index (Phi) is 4.30. The van der Waals surface area contributed by atoms with Gasteiger partial charge in [0.1, 0.15) is 6.29 Å². The zero-order chi connectivity index (χ0) is 13.7. The molecule has 2 atom stereocenters. The summed E-state index contributed by atoms with van der Waals surface area (Å²) in [5.74, 6) is -0.346. The summed E-state index contributed by atoms with van der Waals surface area (Å²) in [5, 5.41) is 0. The molecular weight excluding hydrogens is 242 g/mol. The minimum Gasteiger partial charge on any atom is -0.465 e. The van der Waals surface area contributed by atoms with E-state index in [1.807, 2.05) is 25.3 Å². The summed E-state index contributed by atoms with van der Waals surface area (Å²) in [5.41, 5.74) is 0.622. The van der Waals surface area contributed by atoms with Crippen molar-refractivity contribution in [3.05, 3.63) is 30.1 Å². The predicted octanol–water partition coefficient (Wildman–Crippen LogP) is 2.17. The molecule has 2 rings (SSSR count). The quantitative estimate of drug-likeness (QED) is 0.429. The highest BCUT2D eigenvalue weighted by molar-refractivity contribution is 5.86. The van der Waals surface area contributed by atoms with E-state index in [0.717, 1.165) is 24.7 Å². The van der Waals surface area contributed by atoms with Crippen molar-refractivity contribution in [3.8, 4) is 0 Å². The second-order valence-corrected chi connectivity index (χ2v) is 5.06. The summed E-state index contributed by atoms with van der Waals surface area (Å²) >= 11 is 0. The molecule has 1 heterocycles. The van der Waals surface area contributed by atoms with Crippen LogP contribution in [0.15, 0.2) is 24.5 Å². The number of carbonyl (C=O) groups is 2. The van der Waals surface area contributed by atoms with Crippen LogP contribution in [0.3, 0.4) is 0 Å². The first-order valence-electron chi connectivity index (χ1n) is 6.74. The fraction of sp³-hybridized carbons (Fsp3) is 0.533. The minimum atomic E-state index is -0.518. The Bertz CT molecular complexity index is 446. The van der Waals surface area contributed by atoms with Crippen LogP contribution in [-0.4, -0.2) is 23.8 Å². The molecule has 0 amide bonds. The van der Waals surface area contributed by atoms with Gasteiger partial charge in [0.25, 0.3) is 0 Å². The SMILES string of the molecule is CCC1(C(=O)OCCCc2cccnc2)CC1C=O. The van der Waals surface area contributed by atoms with Crippen molar-refractivity contribution in [3.63, 3.8) is 0 Å². The molecule has 4 nitrogen and oxygen atoms in total. The summed E-state index contributed by atoms with van der Waals surface area (Å²) in [4.78, 5) is 26.7. The molecule has 0 aromatic carbocycles. The third kappa shape index (κ3) is 3.00. The van der Waals surface area contributed by atoms with Crippen LogP contribution in [0.5, 0.6) is 0 Å². The van der Waals surface area contributed by atoms with E-state index in [1.54, 1.807) is 6.20 Å². The normalized spacial score (nSPS) is 24.8. The van der Waals surface area contributed by atoms with Gasteiger partial charge in [-0.1, -0.05) is 13.0 Å². The van der Waals surface area contributed by atoms with E-state index in [-0.39, 0.29) is 11.9 Å². The number of esters is 1.